The zero-order chi connectivity index (χ0) is 14.4. The highest BCUT2D eigenvalue weighted by Crippen LogP contribution is 2.09. The molecule has 3 N–H and O–H groups in total. The smallest absolute Gasteiger partial charge is 0.238 e. The van der Waals surface area contributed by atoms with Crippen LogP contribution in [0.1, 0.15) is 6.92 Å². The van der Waals surface area contributed by atoms with Crippen molar-refractivity contribution >= 4 is 28.8 Å². The van der Waals surface area contributed by atoms with Crippen LogP contribution in [0.4, 0.5) is 10.1 Å². The minimum absolute atomic E-state index is 0.0435. The van der Waals surface area contributed by atoms with Gasteiger partial charge in [0.15, 0.2) is 0 Å². The van der Waals surface area contributed by atoms with Gasteiger partial charge in [-0.05, 0) is 25.2 Å². The molecule has 0 aliphatic carbocycles. The zero-order valence-electron chi connectivity index (χ0n) is 11.0. The van der Waals surface area contributed by atoms with Crippen molar-refractivity contribution in [1.29, 1.82) is 0 Å². The van der Waals surface area contributed by atoms with E-state index in [-0.39, 0.29) is 24.2 Å². The van der Waals surface area contributed by atoms with Gasteiger partial charge >= 0.3 is 0 Å². The summed E-state index contributed by atoms with van der Waals surface area (Å²) >= 11 is 4.88. The third-order valence-electron chi connectivity index (χ3n) is 2.59. The van der Waals surface area contributed by atoms with E-state index in [1.54, 1.807) is 19.2 Å². The summed E-state index contributed by atoms with van der Waals surface area (Å²) in [6, 6.07) is 5.78. The molecule has 4 nitrogen and oxygen atoms in total. The Balaban J connectivity index is 2.45. The van der Waals surface area contributed by atoms with Gasteiger partial charge in [-0.2, -0.15) is 0 Å². The number of likely N-dealkylation sites (N-methyl/N-ethyl adjacent to an activating group) is 1. The van der Waals surface area contributed by atoms with E-state index < -0.39 is 0 Å². The van der Waals surface area contributed by atoms with Crippen molar-refractivity contribution < 1.29 is 9.18 Å². The highest BCUT2D eigenvalue weighted by molar-refractivity contribution is 7.80. The molecule has 104 valence electrons. The third kappa shape index (κ3) is 5.76. The van der Waals surface area contributed by atoms with Gasteiger partial charge in [-0.25, -0.2) is 4.39 Å². The second-order valence-corrected chi connectivity index (χ2v) is 5.03. The van der Waals surface area contributed by atoms with Gasteiger partial charge in [0.05, 0.1) is 11.5 Å². The lowest BCUT2D eigenvalue weighted by Gasteiger charge is -2.20. The standard InChI is InChI=1S/C13H18FN3OS/c1-9(13(15)19)7-17(2)8-12(18)16-11-5-3-4-10(14)6-11/h3-6,9H,7-8H2,1-2H3,(H2,15,19)(H,16,18). The average Bonchev–Trinajstić information content (AvgIpc) is 2.27. The molecule has 1 aromatic carbocycles. The van der Waals surface area contributed by atoms with Crippen LogP contribution in [0, 0.1) is 11.7 Å². The second kappa shape index (κ2) is 7.16. The maximum atomic E-state index is 13.0. The van der Waals surface area contributed by atoms with Crippen LogP contribution in [0.2, 0.25) is 0 Å². The van der Waals surface area contributed by atoms with Crippen molar-refractivity contribution in [2.45, 2.75) is 6.92 Å². The topological polar surface area (TPSA) is 58.4 Å². The number of halogens is 1. The molecule has 1 unspecified atom stereocenters. The predicted octanol–water partition coefficient (Wildman–Crippen LogP) is 1.62. The second-order valence-electron chi connectivity index (χ2n) is 4.56. The molecule has 0 aromatic heterocycles. The Labute approximate surface area is 117 Å². The lowest BCUT2D eigenvalue weighted by atomic mass is 10.2. The largest absolute Gasteiger partial charge is 0.393 e. The van der Waals surface area contributed by atoms with Gasteiger partial charge in [0.2, 0.25) is 5.91 Å². The molecule has 0 saturated heterocycles. The van der Waals surface area contributed by atoms with Crippen LogP contribution in [0.25, 0.3) is 0 Å². The van der Waals surface area contributed by atoms with E-state index in [1.165, 1.54) is 12.1 Å². The molecule has 1 atom stereocenters. The summed E-state index contributed by atoms with van der Waals surface area (Å²) in [6.07, 6.45) is 0. The summed E-state index contributed by atoms with van der Waals surface area (Å²) in [7, 11) is 1.81. The van der Waals surface area contributed by atoms with Crippen molar-refractivity contribution in [1.82, 2.24) is 4.90 Å². The van der Waals surface area contributed by atoms with Crippen LogP contribution in [0.5, 0.6) is 0 Å². The molecule has 1 aromatic rings. The van der Waals surface area contributed by atoms with Crippen LogP contribution in [-0.4, -0.2) is 35.9 Å². The fourth-order valence-electron chi connectivity index (χ4n) is 1.63. The quantitative estimate of drug-likeness (QED) is 0.779. The number of nitrogens with zero attached hydrogens (tertiary/aromatic N) is 1. The SMILES string of the molecule is CC(CN(C)CC(=O)Nc1cccc(F)c1)C(N)=S. The molecule has 1 rings (SSSR count). The van der Waals surface area contributed by atoms with Gasteiger partial charge < -0.3 is 11.1 Å². The summed E-state index contributed by atoms with van der Waals surface area (Å²) in [4.78, 5) is 14.0. The normalized spacial score (nSPS) is 12.2. The van der Waals surface area contributed by atoms with Crippen molar-refractivity contribution in [2.24, 2.45) is 11.7 Å². The summed E-state index contributed by atoms with van der Waals surface area (Å²) in [6.45, 7) is 2.71. The van der Waals surface area contributed by atoms with Gasteiger partial charge in [-0.3, -0.25) is 9.69 Å². The van der Waals surface area contributed by atoms with Gasteiger partial charge in [0.1, 0.15) is 5.82 Å². The van der Waals surface area contributed by atoms with Crippen LogP contribution in [0.15, 0.2) is 24.3 Å². The van der Waals surface area contributed by atoms with E-state index in [0.29, 0.717) is 17.2 Å². The zero-order valence-corrected chi connectivity index (χ0v) is 11.8. The Morgan fingerprint density at radius 2 is 2.26 bits per heavy atom. The molecule has 0 radical (unpaired) electrons. The summed E-state index contributed by atoms with van der Waals surface area (Å²) in [5.74, 6) is -0.543. The van der Waals surface area contributed by atoms with Gasteiger partial charge in [0.25, 0.3) is 0 Å². The number of anilines is 1. The first-order valence-corrected chi connectivity index (χ1v) is 6.32. The molecule has 0 fully saturated rings. The van der Waals surface area contributed by atoms with E-state index in [4.69, 9.17) is 18.0 Å². The number of carbonyl (C=O) groups excluding carboxylic acids is 1. The number of carbonyl (C=O) groups is 1. The first-order valence-electron chi connectivity index (χ1n) is 5.91. The minimum Gasteiger partial charge on any atom is -0.393 e. The maximum absolute atomic E-state index is 13.0. The van der Waals surface area contributed by atoms with E-state index >= 15 is 0 Å². The number of hydrogen-bond acceptors (Lipinski definition) is 3. The maximum Gasteiger partial charge on any atom is 0.238 e. The molecule has 0 bridgehead atoms. The third-order valence-corrected chi connectivity index (χ3v) is 3.00. The highest BCUT2D eigenvalue weighted by Gasteiger charge is 2.12. The van der Waals surface area contributed by atoms with E-state index in [0.717, 1.165) is 0 Å². The van der Waals surface area contributed by atoms with E-state index in [9.17, 15) is 9.18 Å². The van der Waals surface area contributed by atoms with E-state index in [1.807, 2.05) is 11.8 Å². The molecule has 0 heterocycles. The van der Waals surface area contributed by atoms with Crippen LogP contribution >= 0.6 is 12.2 Å². The van der Waals surface area contributed by atoms with Crippen molar-refractivity contribution in [2.75, 3.05) is 25.5 Å². The number of rotatable bonds is 6. The van der Waals surface area contributed by atoms with Gasteiger partial charge in [-0.15, -0.1) is 0 Å². The number of nitrogens with two attached hydrogens (primary N) is 1. The number of nitrogens with one attached hydrogen (secondary N) is 1. The van der Waals surface area contributed by atoms with Crippen LogP contribution in [0.3, 0.4) is 0 Å². The summed E-state index contributed by atoms with van der Waals surface area (Å²) < 4.78 is 13.0. The predicted molar refractivity (Wildman–Crippen MR) is 78.5 cm³/mol. The highest BCUT2D eigenvalue weighted by atomic mass is 32.1. The molecule has 0 aliphatic rings. The van der Waals surface area contributed by atoms with E-state index in [2.05, 4.69) is 5.32 Å². The molecule has 19 heavy (non-hydrogen) atoms. The fraction of sp³-hybridized carbons (Fsp3) is 0.385. The monoisotopic (exact) mass is 283 g/mol. The molecule has 0 aliphatic heterocycles. The van der Waals surface area contributed by atoms with Crippen LogP contribution < -0.4 is 11.1 Å². The number of hydrogen-bond donors (Lipinski definition) is 2. The molecule has 6 heteroatoms. The summed E-state index contributed by atoms with van der Waals surface area (Å²) in [5.41, 5.74) is 5.96. The van der Waals surface area contributed by atoms with Gasteiger partial charge in [-0.1, -0.05) is 25.2 Å². The first-order chi connectivity index (χ1) is 8.88. The lowest BCUT2D eigenvalue weighted by molar-refractivity contribution is -0.117. The minimum atomic E-state index is -0.381. The Morgan fingerprint density at radius 3 is 2.84 bits per heavy atom. The van der Waals surface area contributed by atoms with Crippen molar-refractivity contribution in [3.63, 3.8) is 0 Å². The Hall–Kier alpha value is -1.53. The fourth-order valence-corrected chi connectivity index (χ4v) is 1.71. The summed E-state index contributed by atoms with van der Waals surface area (Å²) in [5, 5.41) is 2.63. The first kappa shape index (κ1) is 15.5. The van der Waals surface area contributed by atoms with Gasteiger partial charge in [0, 0.05) is 18.2 Å². The number of amides is 1. The Bertz CT molecular complexity index is 467. The molecule has 0 saturated carbocycles. The average molecular weight is 283 g/mol. The molecular formula is C13H18FN3OS. The number of thiocarbonyl (C=S) groups is 1. The Morgan fingerprint density at radius 1 is 1.58 bits per heavy atom. The van der Waals surface area contributed by atoms with Crippen molar-refractivity contribution in [3.8, 4) is 0 Å². The Kier molecular flexibility index (Phi) is 5.85. The number of benzene rings is 1. The van der Waals surface area contributed by atoms with Crippen LogP contribution in [-0.2, 0) is 4.79 Å². The molecule has 1 amide bonds. The molecule has 0 spiro atoms. The lowest BCUT2D eigenvalue weighted by Crippen LogP contribution is -2.36. The van der Waals surface area contributed by atoms with Crippen molar-refractivity contribution in [3.05, 3.63) is 30.1 Å². The molecular weight excluding hydrogens is 265 g/mol.